The first-order chi connectivity index (χ1) is 13.5. The summed E-state index contributed by atoms with van der Waals surface area (Å²) < 4.78 is 27.5. The third kappa shape index (κ3) is 5.47. The van der Waals surface area contributed by atoms with E-state index in [1.807, 2.05) is 30.3 Å². The molecule has 1 aromatic heterocycles. The van der Waals surface area contributed by atoms with Crippen molar-refractivity contribution in [2.75, 3.05) is 20.1 Å². The van der Waals surface area contributed by atoms with Gasteiger partial charge in [0.15, 0.2) is 5.96 Å². The highest BCUT2D eigenvalue weighted by atomic mass is 35.5. The summed E-state index contributed by atoms with van der Waals surface area (Å²) >= 11 is 7.32. The molecule has 0 unspecified atom stereocenters. The van der Waals surface area contributed by atoms with Crippen LogP contribution >= 0.6 is 22.9 Å². The maximum Gasteiger partial charge on any atom is 0.252 e. The van der Waals surface area contributed by atoms with Gasteiger partial charge in [-0.3, -0.25) is 4.99 Å². The van der Waals surface area contributed by atoms with Gasteiger partial charge in [-0.15, -0.1) is 11.3 Å². The van der Waals surface area contributed by atoms with Crippen molar-refractivity contribution in [3.8, 4) is 0 Å². The van der Waals surface area contributed by atoms with E-state index >= 15 is 0 Å². The van der Waals surface area contributed by atoms with Crippen LogP contribution < -0.4 is 10.6 Å². The average molecular weight is 441 g/mol. The van der Waals surface area contributed by atoms with Crippen molar-refractivity contribution in [2.24, 2.45) is 4.99 Å². The molecular weight excluding hydrogens is 416 g/mol. The number of thiophene rings is 1. The fourth-order valence-electron chi connectivity index (χ4n) is 3.05. The summed E-state index contributed by atoms with van der Waals surface area (Å²) in [5.74, 6) is 0.647. The molecule has 0 atom stereocenters. The third-order valence-corrected chi connectivity index (χ3v) is 8.24. The molecule has 2 aromatic rings. The van der Waals surface area contributed by atoms with Crippen molar-refractivity contribution in [1.82, 2.24) is 14.9 Å². The molecule has 2 N–H and O–H groups in total. The van der Waals surface area contributed by atoms with Crippen molar-refractivity contribution in [3.63, 3.8) is 0 Å². The van der Waals surface area contributed by atoms with Gasteiger partial charge in [0.1, 0.15) is 4.21 Å². The molecule has 1 aromatic carbocycles. The van der Waals surface area contributed by atoms with Gasteiger partial charge in [-0.2, -0.15) is 4.31 Å². The zero-order valence-corrected chi connectivity index (χ0v) is 18.2. The summed E-state index contributed by atoms with van der Waals surface area (Å²) in [5.41, 5.74) is 1.06. The molecule has 0 amide bonds. The van der Waals surface area contributed by atoms with E-state index in [4.69, 9.17) is 11.6 Å². The van der Waals surface area contributed by atoms with E-state index in [1.54, 1.807) is 17.4 Å². The largest absolute Gasteiger partial charge is 0.352 e. The number of benzene rings is 1. The van der Waals surface area contributed by atoms with E-state index in [0.29, 0.717) is 41.4 Å². The Balaban J connectivity index is 1.55. The lowest BCUT2D eigenvalue weighted by molar-refractivity contribution is 0.347. The summed E-state index contributed by atoms with van der Waals surface area (Å²) in [5, 5.41) is 7.15. The molecule has 3 rings (SSSR count). The highest BCUT2D eigenvalue weighted by molar-refractivity contribution is 7.91. The molecule has 0 saturated carbocycles. The highest BCUT2D eigenvalue weighted by Gasteiger charge is 2.27. The lowest BCUT2D eigenvalue weighted by Gasteiger charge is -2.25. The molecule has 28 heavy (non-hydrogen) atoms. The van der Waals surface area contributed by atoms with Crippen LogP contribution in [0, 0.1) is 0 Å². The van der Waals surface area contributed by atoms with Crippen LogP contribution in [0.15, 0.2) is 45.6 Å². The van der Waals surface area contributed by atoms with Crippen LogP contribution in [0.1, 0.15) is 29.7 Å². The predicted molar refractivity (Wildman–Crippen MR) is 115 cm³/mol. The molecule has 0 spiro atoms. The monoisotopic (exact) mass is 440 g/mol. The molecule has 0 aliphatic carbocycles. The molecule has 1 fully saturated rings. The Morgan fingerprint density at radius 1 is 1.14 bits per heavy atom. The fraction of sp³-hybridized carbons (Fsp3) is 0.421. The molecule has 9 heteroatoms. The maximum absolute atomic E-state index is 12.8. The summed E-state index contributed by atoms with van der Waals surface area (Å²) in [6, 6.07) is 11.2. The zero-order valence-electron chi connectivity index (χ0n) is 15.8. The summed E-state index contributed by atoms with van der Waals surface area (Å²) in [6.07, 6.45) is 2.98. The predicted octanol–water partition coefficient (Wildman–Crippen LogP) is 3.44. The second kappa shape index (κ2) is 9.73. The first-order valence-corrected chi connectivity index (χ1v) is 11.9. The molecule has 0 bridgehead atoms. The number of sulfonamides is 1. The Labute approximate surface area is 175 Å². The maximum atomic E-state index is 12.8. The number of hydrogen-bond acceptors (Lipinski definition) is 4. The number of aliphatic imine (C=N–C) groups is 1. The van der Waals surface area contributed by atoms with Crippen LogP contribution in [0.4, 0.5) is 0 Å². The second-order valence-electron chi connectivity index (χ2n) is 6.59. The Morgan fingerprint density at radius 3 is 2.61 bits per heavy atom. The number of piperidine rings is 1. The van der Waals surface area contributed by atoms with Crippen LogP contribution in [-0.2, 0) is 23.1 Å². The van der Waals surface area contributed by atoms with Crippen LogP contribution in [0.25, 0.3) is 0 Å². The van der Waals surface area contributed by atoms with Crippen LogP contribution in [0.3, 0.4) is 0 Å². The van der Waals surface area contributed by atoms with Crippen LogP contribution in [0.5, 0.6) is 0 Å². The van der Waals surface area contributed by atoms with Crippen molar-refractivity contribution < 1.29 is 8.42 Å². The van der Waals surface area contributed by atoms with Gasteiger partial charge in [0.2, 0.25) is 0 Å². The lowest BCUT2D eigenvalue weighted by atomic mass is 10.2. The number of rotatable bonds is 6. The minimum absolute atomic E-state index is 0.410. The van der Waals surface area contributed by atoms with Gasteiger partial charge in [0.05, 0.1) is 6.54 Å². The van der Waals surface area contributed by atoms with Gasteiger partial charge >= 0.3 is 0 Å². The topological polar surface area (TPSA) is 73.8 Å². The molecule has 2 heterocycles. The number of hydrogen-bond donors (Lipinski definition) is 2. The molecule has 6 nitrogen and oxygen atoms in total. The molecule has 1 aliphatic heterocycles. The average Bonchev–Trinajstić information content (AvgIpc) is 3.19. The summed E-state index contributed by atoms with van der Waals surface area (Å²) in [4.78, 5) is 5.15. The Hall–Kier alpha value is -1.61. The Kier molecular flexibility index (Phi) is 7.34. The van der Waals surface area contributed by atoms with E-state index in [1.165, 1.54) is 11.3 Å². The summed E-state index contributed by atoms with van der Waals surface area (Å²) in [6.45, 7) is 2.34. The Morgan fingerprint density at radius 2 is 1.89 bits per heavy atom. The fourth-order valence-corrected chi connectivity index (χ4v) is 6.23. The Bertz CT molecular complexity index is 922. The van der Waals surface area contributed by atoms with E-state index in [0.717, 1.165) is 29.7 Å². The summed E-state index contributed by atoms with van der Waals surface area (Å²) in [7, 11) is -1.67. The molecule has 1 aliphatic rings. The van der Waals surface area contributed by atoms with E-state index in [-0.39, 0.29) is 0 Å². The number of halogens is 1. The first kappa shape index (κ1) is 21.1. The number of nitrogens with zero attached hydrogens (tertiary/aromatic N) is 2. The van der Waals surface area contributed by atoms with Crippen molar-refractivity contribution >= 4 is 38.9 Å². The van der Waals surface area contributed by atoms with E-state index < -0.39 is 10.0 Å². The standard InChI is InChI=1S/C19H25ClN4O2S2/c1-21-19(22-13-15-6-5-7-16(20)12-15)23-14-17-8-9-18(27-17)28(25,26)24-10-3-2-4-11-24/h5-9,12H,2-4,10-11,13-14H2,1H3,(H2,21,22,23). The van der Waals surface area contributed by atoms with Gasteiger partial charge in [-0.05, 0) is 42.7 Å². The van der Waals surface area contributed by atoms with Gasteiger partial charge in [0, 0.05) is 36.6 Å². The smallest absolute Gasteiger partial charge is 0.252 e. The second-order valence-corrected chi connectivity index (χ2v) is 10.4. The minimum atomic E-state index is -3.37. The van der Waals surface area contributed by atoms with Crippen LogP contribution in [-0.4, -0.2) is 38.8 Å². The SMILES string of the molecule is CN=C(NCc1cccc(Cl)c1)NCc1ccc(S(=O)(=O)N2CCCCC2)s1. The number of guanidine groups is 1. The van der Waals surface area contributed by atoms with Gasteiger partial charge in [-0.25, -0.2) is 8.42 Å². The van der Waals surface area contributed by atoms with Crippen molar-refractivity contribution in [1.29, 1.82) is 0 Å². The van der Waals surface area contributed by atoms with E-state index in [2.05, 4.69) is 15.6 Å². The van der Waals surface area contributed by atoms with Crippen molar-refractivity contribution in [2.45, 2.75) is 36.6 Å². The van der Waals surface area contributed by atoms with Gasteiger partial charge in [-0.1, -0.05) is 30.2 Å². The normalized spacial score (nSPS) is 16.1. The number of nitrogens with one attached hydrogen (secondary N) is 2. The molecule has 1 saturated heterocycles. The zero-order chi connectivity index (χ0) is 20.0. The van der Waals surface area contributed by atoms with E-state index in [9.17, 15) is 8.42 Å². The first-order valence-electron chi connectivity index (χ1n) is 9.27. The van der Waals surface area contributed by atoms with Gasteiger partial charge in [0.25, 0.3) is 10.0 Å². The third-order valence-electron chi connectivity index (χ3n) is 4.55. The highest BCUT2D eigenvalue weighted by Crippen LogP contribution is 2.27. The lowest BCUT2D eigenvalue weighted by Crippen LogP contribution is -2.36. The van der Waals surface area contributed by atoms with Crippen LogP contribution in [0.2, 0.25) is 5.02 Å². The molecular formula is C19H25ClN4O2S2. The van der Waals surface area contributed by atoms with Crippen molar-refractivity contribution in [3.05, 3.63) is 51.9 Å². The van der Waals surface area contributed by atoms with Gasteiger partial charge < -0.3 is 10.6 Å². The molecule has 0 radical (unpaired) electrons. The quantitative estimate of drug-likeness (QED) is 0.533. The minimum Gasteiger partial charge on any atom is -0.352 e. The molecule has 152 valence electrons.